The minimum Gasteiger partial charge on any atom is -0.479 e. The van der Waals surface area contributed by atoms with E-state index >= 15 is 0 Å². The van der Waals surface area contributed by atoms with Crippen molar-refractivity contribution in [2.45, 2.75) is 12.0 Å². The molecule has 29 heavy (non-hydrogen) atoms. The maximum atomic E-state index is 12.4. The number of benzene rings is 3. The largest absolute Gasteiger partial charge is 0.479 e. The fourth-order valence-corrected chi connectivity index (χ4v) is 3.98. The summed E-state index contributed by atoms with van der Waals surface area (Å²) in [4.78, 5) is 24.0. The lowest BCUT2D eigenvalue weighted by Gasteiger charge is -2.18. The molecule has 0 fully saturated rings. The third kappa shape index (κ3) is 3.69. The van der Waals surface area contributed by atoms with Crippen molar-refractivity contribution in [3.05, 3.63) is 94.5 Å². The Hall–Kier alpha value is -3.31. The van der Waals surface area contributed by atoms with Crippen LogP contribution in [0.1, 0.15) is 28.7 Å². The van der Waals surface area contributed by atoms with Crippen LogP contribution in [-0.4, -0.2) is 23.8 Å². The molecule has 0 aromatic heterocycles. The Kier molecular flexibility index (Phi) is 5.23. The lowest BCUT2D eigenvalue weighted by atomic mass is 9.98. The third-order valence-corrected chi connectivity index (χ3v) is 5.41. The van der Waals surface area contributed by atoms with Crippen molar-refractivity contribution in [1.82, 2.24) is 5.32 Å². The molecule has 3 aromatic carbocycles. The second-order valence-corrected chi connectivity index (χ2v) is 7.17. The van der Waals surface area contributed by atoms with Gasteiger partial charge in [0.1, 0.15) is 6.61 Å². The quantitative estimate of drug-likeness (QED) is 0.623. The van der Waals surface area contributed by atoms with Gasteiger partial charge < -0.3 is 15.2 Å². The lowest BCUT2D eigenvalue weighted by molar-refractivity contribution is -0.139. The van der Waals surface area contributed by atoms with E-state index in [1.807, 2.05) is 48.5 Å². The molecule has 3 aromatic rings. The summed E-state index contributed by atoms with van der Waals surface area (Å²) < 4.78 is 5.43. The van der Waals surface area contributed by atoms with Crippen molar-refractivity contribution in [1.29, 1.82) is 0 Å². The molecule has 1 aliphatic rings. The van der Waals surface area contributed by atoms with Crippen molar-refractivity contribution >= 4 is 23.7 Å². The molecule has 1 atom stereocenters. The van der Waals surface area contributed by atoms with Crippen LogP contribution in [0.2, 0.25) is 5.02 Å². The Bertz CT molecular complexity index is 1040. The number of hydrogen-bond donors (Lipinski definition) is 2. The summed E-state index contributed by atoms with van der Waals surface area (Å²) >= 11 is 6.08. The van der Waals surface area contributed by atoms with Gasteiger partial charge in [0.2, 0.25) is 0 Å². The number of carbonyl (C=O) groups excluding carboxylic acids is 1. The first-order chi connectivity index (χ1) is 14.1. The first kappa shape index (κ1) is 19.0. The Labute approximate surface area is 172 Å². The Morgan fingerprint density at radius 3 is 2.07 bits per heavy atom. The number of fused-ring (bicyclic) bond motifs is 3. The molecule has 1 aliphatic carbocycles. The first-order valence-electron chi connectivity index (χ1n) is 9.15. The van der Waals surface area contributed by atoms with Gasteiger partial charge in [-0.15, -0.1) is 0 Å². The zero-order valence-corrected chi connectivity index (χ0v) is 16.1. The van der Waals surface area contributed by atoms with Crippen molar-refractivity contribution in [2.24, 2.45) is 0 Å². The highest BCUT2D eigenvalue weighted by atomic mass is 35.5. The predicted octanol–water partition coefficient (Wildman–Crippen LogP) is 5.00. The summed E-state index contributed by atoms with van der Waals surface area (Å²) in [6, 6.07) is 21.2. The fourth-order valence-electron chi connectivity index (χ4n) is 3.74. The summed E-state index contributed by atoms with van der Waals surface area (Å²) in [5.74, 6) is -1.32. The van der Waals surface area contributed by atoms with E-state index in [0.717, 1.165) is 22.3 Å². The van der Waals surface area contributed by atoms with Gasteiger partial charge in [-0.25, -0.2) is 9.59 Å². The number of amides is 1. The summed E-state index contributed by atoms with van der Waals surface area (Å²) in [7, 11) is 0. The van der Waals surface area contributed by atoms with Gasteiger partial charge in [-0.1, -0.05) is 78.3 Å². The van der Waals surface area contributed by atoms with Crippen LogP contribution < -0.4 is 5.32 Å². The molecular weight excluding hydrogens is 390 g/mol. The first-order valence-corrected chi connectivity index (χ1v) is 9.53. The van der Waals surface area contributed by atoms with E-state index in [9.17, 15) is 14.7 Å². The SMILES string of the molecule is O=C(N[C@@H](C(=O)O)c1ccccc1Cl)OCC1c2ccccc2-c2ccccc21. The maximum absolute atomic E-state index is 12.4. The molecule has 6 heteroatoms. The van der Waals surface area contributed by atoms with Gasteiger partial charge in [0.15, 0.2) is 6.04 Å². The molecule has 0 heterocycles. The standard InChI is InChI=1S/C23H18ClNO4/c24-20-12-6-5-11-18(20)21(22(26)27)25-23(28)29-13-19-16-9-3-1-7-14(16)15-8-2-4-10-17(15)19/h1-12,19,21H,13H2,(H,25,28)(H,26,27)/t21-/m1/s1. The van der Waals surface area contributed by atoms with Crippen molar-refractivity contribution in [2.75, 3.05) is 6.61 Å². The van der Waals surface area contributed by atoms with Gasteiger partial charge in [0.05, 0.1) is 0 Å². The molecule has 0 saturated heterocycles. The average molecular weight is 408 g/mol. The van der Waals surface area contributed by atoms with Crippen LogP contribution in [0.15, 0.2) is 72.8 Å². The summed E-state index contributed by atoms with van der Waals surface area (Å²) in [5, 5.41) is 12.2. The van der Waals surface area contributed by atoms with E-state index in [1.54, 1.807) is 24.3 Å². The average Bonchev–Trinajstić information content (AvgIpc) is 3.05. The molecule has 0 saturated carbocycles. The Morgan fingerprint density at radius 1 is 0.931 bits per heavy atom. The van der Waals surface area contributed by atoms with Crippen molar-refractivity contribution < 1.29 is 19.4 Å². The second kappa shape index (κ2) is 7.97. The summed E-state index contributed by atoms with van der Waals surface area (Å²) in [6.07, 6.45) is -0.806. The number of aliphatic carboxylic acids is 1. The van der Waals surface area contributed by atoms with Crippen LogP contribution in [-0.2, 0) is 9.53 Å². The molecule has 2 N–H and O–H groups in total. The molecule has 0 radical (unpaired) electrons. The molecule has 0 aliphatic heterocycles. The van der Waals surface area contributed by atoms with E-state index < -0.39 is 18.1 Å². The van der Waals surface area contributed by atoms with Gasteiger partial charge in [-0.2, -0.15) is 0 Å². The van der Waals surface area contributed by atoms with Crippen LogP contribution in [0.3, 0.4) is 0 Å². The van der Waals surface area contributed by atoms with Gasteiger partial charge in [-0.3, -0.25) is 0 Å². The van der Waals surface area contributed by atoms with Gasteiger partial charge >= 0.3 is 12.1 Å². The third-order valence-electron chi connectivity index (χ3n) is 5.07. The fraction of sp³-hybridized carbons (Fsp3) is 0.130. The monoisotopic (exact) mass is 407 g/mol. The number of nitrogens with one attached hydrogen (secondary N) is 1. The number of hydrogen-bond acceptors (Lipinski definition) is 3. The van der Waals surface area contributed by atoms with Crippen LogP contribution in [0.4, 0.5) is 4.79 Å². The minimum absolute atomic E-state index is 0.100. The molecule has 1 amide bonds. The molecular formula is C23H18ClNO4. The second-order valence-electron chi connectivity index (χ2n) is 6.76. The normalized spacial score (nSPS) is 13.3. The highest BCUT2D eigenvalue weighted by Gasteiger charge is 2.30. The van der Waals surface area contributed by atoms with Crippen LogP contribution in [0, 0.1) is 0 Å². The summed E-state index contributed by atoms with van der Waals surface area (Å²) in [6.45, 7) is 0.106. The zero-order valence-electron chi connectivity index (χ0n) is 15.3. The van der Waals surface area contributed by atoms with E-state index in [1.165, 1.54) is 0 Å². The van der Waals surface area contributed by atoms with Crippen LogP contribution >= 0.6 is 11.6 Å². The smallest absolute Gasteiger partial charge is 0.408 e. The zero-order chi connectivity index (χ0) is 20.4. The van der Waals surface area contributed by atoms with Crippen LogP contribution in [0.25, 0.3) is 11.1 Å². The van der Waals surface area contributed by atoms with E-state index in [0.29, 0.717) is 5.56 Å². The van der Waals surface area contributed by atoms with Crippen LogP contribution in [0.5, 0.6) is 0 Å². The van der Waals surface area contributed by atoms with Gasteiger partial charge in [0, 0.05) is 16.5 Å². The summed E-state index contributed by atoms with van der Waals surface area (Å²) in [5.41, 5.74) is 4.72. The van der Waals surface area contributed by atoms with Crippen molar-refractivity contribution in [3.8, 4) is 11.1 Å². The number of carboxylic acid groups (broad SMARTS) is 1. The van der Waals surface area contributed by atoms with Crippen molar-refractivity contribution in [3.63, 3.8) is 0 Å². The molecule has 4 rings (SSSR count). The number of ether oxygens (including phenoxy) is 1. The number of halogens is 1. The molecule has 0 bridgehead atoms. The maximum Gasteiger partial charge on any atom is 0.408 e. The molecule has 0 spiro atoms. The Balaban J connectivity index is 1.50. The number of carboxylic acids is 1. The van der Waals surface area contributed by atoms with Gasteiger partial charge in [0.25, 0.3) is 0 Å². The predicted molar refractivity (Wildman–Crippen MR) is 110 cm³/mol. The number of rotatable bonds is 5. The molecule has 5 nitrogen and oxygen atoms in total. The van der Waals surface area contributed by atoms with E-state index in [2.05, 4.69) is 5.32 Å². The van der Waals surface area contributed by atoms with E-state index in [-0.39, 0.29) is 17.5 Å². The molecule has 0 unspecified atom stereocenters. The number of alkyl carbamates (subject to hydrolysis) is 1. The van der Waals surface area contributed by atoms with E-state index in [4.69, 9.17) is 16.3 Å². The minimum atomic E-state index is -1.29. The highest BCUT2D eigenvalue weighted by molar-refractivity contribution is 6.31. The number of carbonyl (C=O) groups is 2. The Morgan fingerprint density at radius 2 is 1.48 bits per heavy atom. The topological polar surface area (TPSA) is 75.6 Å². The lowest BCUT2D eigenvalue weighted by Crippen LogP contribution is -2.35. The molecule has 146 valence electrons. The highest BCUT2D eigenvalue weighted by Crippen LogP contribution is 2.44. The van der Waals surface area contributed by atoms with Gasteiger partial charge in [-0.05, 0) is 28.3 Å².